The molecule has 4 nitrogen and oxygen atoms in total. The third-order valence-corrected chi connectivity index (χ3v) is 3.66. The molecule has 0 radical (unpaired) electrons. The number of piperidine rings is 1. The summed E-state index contributed by atoms with van der Waals surface area (Å²) in [6, 6.07) is 2.58. The van der Waals surface area contributed by atoms with Crippen LogP contribution in [0.3, 0.4) is 0 Å². The van der Waals surface area contributed by atoms with Gasteiger partial charge in [0.2, 0.25) is 0 Å². The molecule has 1 aromatic heterocycles. The first-order valence-corrected chi connectivity index (χ1v) is 6.13. The lowest BCUT2D eigenvalue weighted by Crippen LogP contribution is -2.40. The summed E-state index contributed by atoms with van der Waals surface area (Å²) in [5.41, 5.74) is 0. The Balaban J connectivity index is 1.61. The molecule has 0 saturated carbocycles. The van der Waals surface area contributed by atoms with Crippen LogP contribution in [0.25, 0.3) is 0 Å². The van der Waals surface area contributed by atoms with Crippen molar-refractivity contribution >= 4 is 0 Å². The van der Waals surface area contributed by atoms with Crippen LogP contribution >= 0.6 is 0 Å². The largest absolute Gasteiger partial charge is 0.312 e. The molecule has 3 heterocycles. The van der Waals surface area contributed by atoms with E-state index in [1.807, 2.05) is 18.5 Å². The molecule has 2 atom stereocenters. The van der Waals surface area contributed by atoms with E-state index >= 15 is 0 Å². The second-order valence-electron chi connectivity index (χ2n) is 4.82. The van der Waals surface area contributed by atoms with Crippen molar-refractivity contribution in [2.75, 3.05) is 19.6 Å². The Kier molecular flexibility index (Phi) is 2.84. The van der Waals surface area contributed by atoms with Gasteiger partial charge in [0.25, 0.3) is 0 Å². The molecule has 2 saturated heterocycles. The first-order chi connectivity index (χ1) is 7.92. The summed E-state index contributed by atoms with van der Waals surface area (Å²) < 4.78 is 0. The van der Waals surface area contributed by atoms with Gasteiger partial charge in [-0.25, -0.2) is 9.97 Å². The molecule has 0 aliphatic carbocycles. The molecule has 2 fully saturated rings. The first-order valence-electron chi connectivity index (χ1n) is 6.13. The van der Waals surface area contributed by atoms with Crippen molar-refractivity contribution < 1.29 is 0 Å². The highest BCUT2D eigenvalue weighted by Crippen LogP contribution is 2.25. The highest BCUT2D eigenvalue weighted by Gasteiger charge is 2.34. The van der Waals surface area contributed by atoms with Crippen molar-refractivity contribution in [2.45, 2.75) is 25.4 Å². The standard InChI is InChI=1S/C12H18N4/c1-3-10-7-16(8-11(10)13-4-1)9-12-14-5-2-6-15-12/h2,5-6,10-11,13H,1,3-4,7-9H2. The lowest BCUT2D eigenvalue weighted by Gasteiger charge is -2.24. The normalized spacial score (nSPS) is 30.2. The van der Waals surface area contributed by atoms with E-state index in [4.69, 9.17) is 0 Å². The summed E-state index contributed by atoms with van der Waals surface area (Å²) >= 11 is 0. The Morgan fingerprint density at radius 2 is 2.19 bits per heavy atom. The average molecular weight is 218 g/mol. The van der Waals surface area contributed by atoms with E-state index in [0.717, 1.165) is 24.8 Å². The first kappa shape index (κ1) is 10.2. The van der Waals surface area contributed by atoms with Gasteiger partial charge in [-0.2, -0.15) is 0 Å². The average Bonchev–Trinajstić information content (AvgIpc) is 2.72. The topological polar surface area (TPSA) is 41.1 Å². The Morgan fingerprint density at radius 1 is 1.31 bits per heavy atom. The monoisotopic (exact) mass is 218 g/mol. The predicted octanol–water partition coefficient (Wildman–Crippen LogP) is 0.660. The smallest absolute Gasteiger partial charge is 0.142 e. The SMILES string of the molecule is c1cnc(CN2CC3CCCNC3C2)nc1. The number of nitrogens with zero attached hydrogens (tertiary/aromatic N) is 3. The predicted molar refractivity (Wildman–Crippen MR) is 61.8 cm³/mol. The zero-order valence-corrected chi connectivity index (χ0v) is 9.47. The van der Waals surface area contributed by atoms with E-state index in [-0.39, 0.29) is 0 Å². The fourth-order valence-corrected chi connectivity index (χ4v) is 2.88. The Bertz CT molecular complexity index is 326. The summed E-state index contributed by atoms with van der Waals surface area (Å²) in [4.78, 5) is 11.0. The van der Waals surface area contributed by atoms with E-state index < -0.39 is 0 Å². The zero-order valence-electron chi connectivity index (χ0n) is 9.47. The van der Waals surface area contributed by atoms with E-state index in [9.17, 15) is 0 Å². The summed E-state index contributed by atoms with van der Waals surface area (Å²) in [5.74, 6) is 1.79. The number of aromatic nitrogens is 2. The highest BCUT2D eigenvalue weighted by atomic mass is 15.2. The van der Waals surface area contributed by atoms with Crippen LogP contribution in [0.5, 0.6) is 0 Å². The van der Waals surface area contributed by atoms with Crippen LogP contribution < -0.4 is 5.32 Å². The van der Waals surface area contributed by atoms with Crippen molar-refractivity contribution in [1.82, 2.24) is 20.2 Å². The molecule has 0 spiro atoms. The van der Waals surface area contributed by atoms with E-state index in [1.165, 1.54) is 25.9 Å². The molecule has 86 valence electrons. The lowest BCUT2D eigenvalue weighted by molar-refractivity contribution is 0.305. The molecular formula is C12H18N4. The molecule has 1 N–H and O–H groups in total. The molecule has 0 bridgehead atoms. The minimum Gasteiger partial charge on any atom is -0.312 e. The molecular weight excluding hydrogens is 200 g/mol. The molecule has 2 aliphatic heterocycles. The highest BCUT2D eigenvalue weighted by molar-refractivity contribution is 4.95. The van der Waals surface area contributed by atoms with Crippen molar-refractivity contribution in [1.29, 1.82) is 0 Å². The fourth-order valence-electron chi connectivity index (χ4n) is 2.88. The minimum atomic E-state index is 0.706. The van der Waals surface area contributed by atoms with Crippen LogP contribution in [0.2, 0.25) is 0 Å². The van der Waals surface area contributed by atoms with Gasteiger partial charge in [-0.15, -0.1) is 0 Å². The number of fused-ring (bicyclic) bond motifs is 1. The van der Waals surface area contributed by atoms with Gasteiger partial charge < -0.3 is 5.32 Å². The van der Waals surface area contributed by atoms with Crippen molar-refractivity contribution in [3.05, 3.63) is 24.3 Å². The van der Waals surface area contributed by atoms with E-state index in [0.29, 0.717) is 6.04 Å². The van der Waals surface area contributed by atoms with Gasteiger partial charge in [0, 0.05) is 31.5 Å². The third-order valence-electron chi connectivity index (χ3n) is 3.66. The molecule has 2 aliphatic rings. The molecule has 0 amide bonds. The number of rotatable bonds is 2. The number of hydrogen-bond acceptors (Lipinski definition) is 4. The van der Waals surface area contributed by atoms with Crippen LogP contribution in [-0.2, 0) is 6.54 Å². The minimum absolute atomic E-state index is 0.706. The molecule has 4 heteroatoms. The van der Waals surface area contributed by atoms with Crippen LogP contribution in [0.1, 0.15) is 18.7 Å². The van der Waals surface area contributed by atoms with Gasteiger partial charge in [-0.1, -0.05) is 0 Å². The maximum atomic E-state index is 4.29. The van der Waals surface area contributed by atoms with Crippen LogP contribution in [0.4, 0.5) is 0 Å². The second kappa shape index (κ2) is 4.47. The summed E-state index contributed by atoms with van der Waals surface area (Å²) in [5, 5.41) is 3.61. The number of likely N-dealkylation sites (tertiary alicyclic amines) is 1. The lowest BCUT2D eigenvalue weighted by atomic mass is 9.94. The Labute approximate surface area is 96.1 Å². The molecule has 16 heavy (non-hydrogen) atoms. The van der Waals surface area contributed by atoms with Gasteiger partial charge in [0.1, 0.15) is 5.82 Å². The van der Waals surface area contributed by atoms with Gasteiger partial charge in [-0.3, -0.25) is 4.90 Å². The van der Waals surface area contributed by atoms with Crippen LogP contribution in [-0.4, -0.2) is 40.5 Å². The summed E-state index contributed by atoms with van der Waals surface area (Å²) in [6.07, 6.45) is 6.36. The molecule has 2 unspecified atom stereocenters. The Morgan fingerprint density at radius 3 is 3.00 bits per heavy atom. The van der Waals surface area contributed by atoms with Gasteiger partial charge in [-0.05, 0) is 31.4 Å². The molecule has 1 aromatic rings. The van der Waals surface area contributed by atoms with Crippen LogP contribution in [0.15, 0.2) is 18.5 Å². The summed E-state index contributed by atoms with van der Waals surface area (Å²) in [6.45, 7) is 4.45. The van der Waals surface area contributed by atoms with Crippen molar-refractivity contribution in [3.63, 3.8) is 0 Å². The van der Waals surface area contributed by atoms with E-state index in [2.05, 4.69) is 20.2 Å². The van der Waals surface area contributed by atoms with Crippen LogP contribution in [0, 0.1) is 5.92 Å². The quantitative estimate of drug-likeness (QED) is 0.792. The number of nitrogens with one attached hydrogen (secondary N) is 1. The van der Waals surface area contributed by atoms with Gasteiger partial charge >= 0.3 is 0 Å². The van der Waals surface area contributed by atoms with Gasteiger partial charge in [0.15, 0.2) is 0 Å². The Hall–Kier alpha value is -1.00. The number of hydrogen-bond donors (Lipinski definition) is 1. The van der Waals surface area contributed by atoms with Crippen molar-refractivity contribution in [2.24, 2.45) is 5.92 Å². The molecule has 3 rings (SSSR count). The molecule has 0 aromatic carbocycles. The second-order valence-corrected chi connectivity index (χ2v) is 4.82. The maximum absolute atomic E-state index is 4.29. The maximum Gasteiger partial charge on any atom is 0.142 e. The van der Waals surface area contributed by atoms with Gasteiger partial charge in [0.05, 0.1) is 6.54 Å². The van der Waals surface area contributed by atoms with E-state index in [1.54, 1.807) is 0 Å². The fraction of sp³-hybridized carbons (Fsp3) is 0.667. The van der Waals surface area contributed by atoms with Crippen molar-refractivity contribution in [3.8, 4) is 0 Å². The summed E-state index contributed by atoms with van der Waals surface area (Å²) in [7, 11) is 0. The zero-order chi connectivity index (χ0) is 10.8. The third kappa shape index (κ3) is 2.08.